The van der Waals surface area contributed by atoms with Crippen LogP contribution in [0.25, 0.3) is 0 Å². The van der Waals surface area contributed by atoms with Crippen LogP contribution in [0, 0.1) is 11.6 Å². The maximum atomic E-state index is 14.0. The van der Waals surface area contributed by atoms with Crippen LogP contribution in [-0.4, -0.2) is 51.7 Å². The fourth-order valence-corrected chi connectivity index (χ4v) is 3.83. The highest BCUT2D eigenvalue weighted by Gasteiger charge is 2.24. The van der Waals surface area contributed by atoms with Crippen molar-refractivity contribution in [1.29, 1.82) is 0 Å². The van der Waals surface area contributed by atoms with E-state index in [1.165, 1.54) is 28.9 Å². The second kappa shape index (κ2) is 9.85. The van der Waals surface area contributed by atoms with Crippen LogP contribution in [0.3, 0.4) is 0 Å². The smallest absolute Gasteiger partial charge is 0.274 e. The average Bonchev–Trinajstić information content (AvgIpc) is 3.26. The summed E-state index contributed by atoms with van der Waals surface area (Å²) in [7, 11) is 0. The lowest BCUT2D eigenvalue weighted by Crippen LogP contribution is -2.48. The van der Waals surface area contributed by atoms with Crippen molar-refractivity contribution in [2.24, 2.45) is 0 Å². The van der Waals surface area contributed by atoms with Crippen LogP contribution in [0.4, 0.5) is 8.78 Å². The Hall–Kier alpha value is -2.68. The van der Waals surface area contributed by atoms with E-state index in [4.69, 9.17) is 27.9 Å². The van der Waals surface area contributed by atoms with Gasteiger partial charge in [0.05, 0.1) is 5.02 Å². The van der Waals surface area contributed by atoms with Crippen LogP contribution >= 0.6 is 23.2 Å². The largest absolute Gasteiger partial charge is 0.471 e. The zero-order valence-corrected chi connectivity index (χ0v) is 18.5. The molecule has 0 bridgehead atoms. The van der Waals surface area contributed by atoms with E-state index in [1.54, 1.807) is 29.3 Å². The summed E-state index contributed by atoms with van der Waals surface area (Å²) < 4.78 is 34.3. The highest BCUT2D eigenvalue weighted by molar-refractivity contribution is 6.31. The molecule has 1 fully saturated rings. The second-order valence-corrected chi connectivity index (χ2v) is 8.17. The number of ether oxygens (including phenoxy) is 1. The summed E-state index contributed by atoms with van der Waals surface area (Å²) in [5.74, 6) is -0.641. The monoisotopic (exact) mass is 480 g/mol. The molecule has 1 aromatic heterocycles. The van der Waals surface area contributed by atoms with Gasteiger partial charge in [-0.3, -0.25) is 9.69 Å². The number of amides is 1. The molecular weight excluding hydrogens is 461 g/mol. The maximum Gasteiger partial charge on any atom is 0.274 e. The Bertz CT molecular complexity index is 1100. The van der Waals surface area contributed by atoms with Crippen molar-refractivity contribution in [1.82, 2.24) is 19.6 Å². The van der Waals surface area contributed by atoms with E-state index >= 15 is 0 Å². The summed E-state index contributed by atoms with van der Waals surface area (Å²) in [4.78, 5) is 16.6. The summed E-state index contributed by atoms with van der Waals surface area (Å²) in [5, 5.41) is 4.63. The molecule has 0 N–H and O–H groups in total. The van der Waals surface area contributed by atoms with Gasteiger partial charge in [-0.05, 0) is 30.3 Å². The zero-order chi connectivity index (χ0) is 22.7. The van der Waals surface area contributed by atoms with Gasteiger partial charge in [0.2, 0.25) is 0 Å². The highest BCUT2D eigenvalue weighted by Crippen LogP contribution is 2.22. The third-order valence-electron chi connectivity index (χ3n) is 5.22. The first-order chi connectivity index (χ1) is 15.4. The van der Waals surface area contributed by atoms with Gasteiger partial charge in [0.1, 0.15) is 17.4 Å². The van der Waals surface area contributed by atoms with E-state index in [0.717, 1.165) is 0 Å². The second-order valence-electron chi connectivity index (χ2n) is 7.36. The van der Waals surface area contributed by atoms with Crippen molar-refractivity contribution >= 4 is 29.1 Å². The molecule has 1 aliphatic heterocycles. The maximum absolute atomic E-state index is 14.0. The van der Waals surface area contributed by atoms with Gasteiger partial charge in [-0.2, -0.15) is 5.10 Å². The third kappa shape index (κ3) is 5.20. The lowest BCUT2D eigenvalue weighted by molar-refractivity contribution is 0.0619. The van der Waals surface area contributed by atoms with E-state index < -0.39 is 5.82 Å². The molecule has 10 heteroatoms. The molecule has 168 valence electrons. The molecule has 1 aliphatic rings. The van der Waals surface area contributed by atoms with Gasteiger partial charge in [0.25, 0.3) is 5.91 Å². The van der Waals surface area contributed by atoms with Crippen molar-refractivity contribution in [3.8, 4) is 5.75 Å². The Morgan fingerprint density at radius 1 is 1.00 bits per heavy atom. The van der Waals surface area contributed by atoms with Crippen LogP contribution in [0.15, 0.2) is 48.7 Å². The normalized spacial score (nSPS) is 14.6. The minimum absolute atomic E-state index is 0.0322. The zero-order valence-electron chi connectivity index (χ0n) is 17.0. The summed E-state index contributed by atoms with van der Waals surface area (Å²) in [6.45, 7) is 2.65. The summed E-state index contributed by atoms with van der Waals surface area (Å²) in [6, 6.07) is 10.3. The Labute approximate surface area is 193 Å². The average molecular weight is 481 g/mol. The molecule has 0 saturated carbocycles. The molecule has 2 heterocycles. The van der Waals surface area contributed by atoms with Gasteiger partial charge in [-0.25, -0.2) is 13.5 Å². The number of hydrogen-bond donors (Lipinski definition) is 0. The summed E-state index contributed by atoms with van der Waals surface area (Å²) >= 11 is 11.9. The van der Waals surface area contributed by atoms with E-state index in [-0.39, 0.29) is 23.5 Å². The third-order valence-corrected chi connectivity index (χ3v) is 5.86. The lowest BCUT2D eigenvalue weighted by Gasteiger charge is -2.34. The molecule has 3 aromatic rings. The first kappa shape index (κ1) is 22.5. The number of carbonyl (C=O) groups excluding carboxylic acids is 1. The molecule has 2 aromatic carbocycles. The summed E-state index contributed by atoms with van der Waals surface area (Å²) in [5.41, 5.74) is 0.770. The standard InChI is InChI=1S/C22H20Cl2F2N4O2/c23-17-2-1-3-19(25)16(17)13-28-8-10-29(11-9-28)22(31)21-6-7-30(27-21)14-32-15-4-5-20(26)18(24)12-15/h1-7,12H,8-11,13-14H2. The minimum Gasteiger partial charge on any atom is -0.471 e. The quantitative estimate of drug-likeness (QED) is 0.522. The molecule has 0 aliphatic carbocycles. The Kier molecular flexibility index (Phi) is 6.93. The molecule has 1 amide bonds. The SMILES string of the molecule is O=C(c1ccn(COc2ccc(F)c(Cl)c2)n1)N1CCN(Cc2c(F)cccc2Cl)CC1. The molecule has 0 unspecified atom stereocenters. The van der Waals surface area contributed by atoms with Crippen molar-refractivity contribution in [3.63, 3.8) is 0 Å². The Morgan fingerprint density at radius 3 is 2.50 bits per heavy atom. The van der Waals surface area contributed by atoms with Gasteiger partial charge in [-0.15, -0.1) is 0 Å². The molecule has 4 rings (SSSR count). The first-order valence-corrected chi connectivity index (χ1v) is 10.7. The number of aromatic nitrogens is 2. The Morgan fingerprint density at radius 2 is 1.78 bits per heavy atom. The van der Waals surface area contributed by atoms with Crippen LogP contribution in [0.2, 0.25) is 10.0 Å². The molecular formula is C22H20Cl2F2N4O2. The first-order valence-electron chi connectivity index (χ1n) is 9.96. The number of nitrogens with zero attached hydrogens (tertiary/aromatic N) is 4. The van der Waals surface area contributed by atoms with Crippen LogP contribution in [0.5, 0.6) is 5.75 Å². The number of piperazine rings is 1. The predicted molar refractivity (Wildman–Crippen MR) is 117 cm³/mol. The number of carbonyl (C=O) groups is 1. The highest BCUT2D eigenvalue weighted by atomic mass is 35.5. The van der Waals surface area contributed by atoms with Crippen molar-refractivity contribution in [2.75, 3.05) is 26.2 Å². The number of halogens is 4. The number of rotatable bonds is 6. The van der Waals surface area contributed by atoms with Crippen molar-refractivity contribution < 1.29 is 18.3 Å². The topological polar surface area (TPSA) is 50.6 Å². The lowest BCUT2D eigenvalue weighted by atomic mass is 10.1. The fraction of sp³-hybridized carbons (Fsp3) is 0.273. The Balaban J connectivity index is 1.30. The van der Waals surface area contributed by atoms with E-state index in [2.05, 4.69) is 10.00 Å². The molecule has 0 radical (unpaired) electrons. The van der Waals surface area contributed by atoms with E-state index in [1.807, 2.05) is 0 Å². The molecule has 6 nitrogen and oxygen atoms in total. The molecule has 1 saturated heterocycles. The van der Waals surface area contributed by atoms with Crippen LogP contribution < -0.4 is 4.74 Å². The van der Waals surface area contributed by atoms with Gasteiger partial charge in [-0.1, -0.05) is 29.3 Å². The van der Waals surface area contributed by atoms with Crippen LogP contribution in [-0.2, 0) is 13.3 Å². The van der Waals surface area contributed by atoms with Gasteiger partial charge in [0.15, 0.2) is 12.4 Å². The number of benzene rings is 2. The van der Waals surface area contributed by atoms with E-state index in [0.29, 0.717) is 54.8 Å². The summed E-state index contributed by atoms with van der Waals surface area (Å²) in [6.07, 6.45) is 1.63. The predicted octanol–water partition coefficient (Wildman–Crippen LogP) is 4.46. The molecule has 0 atom stereocenters. The fourth-order valence-electron chi connectivity index (χ4n) is 3.43. The van der Waals surface area contributed by atoms with Crippen molar-refractivity contribution in [2.45, 2.75) is 13.3 Å². The molecule has 32 heavy (non-hydrogen) atoms. The van der Waals surface area contributed by atoms with Gasteiger partial charge >= 0.3 is 0 Å². The molecule has 0 spiro atoms. The minimum atomic E-state index is -0.525. The van der Waals surface area contributed by atoms with E-state index in [9.17, 15) is 13.6 Å². The van der Waals surface area contributed by atoms with Gasteiger partial charge < -0.3 is 9.64 Å². The van der Waals surface area contributed by atoms with Crippen LogP contribution in [0.1, 0.15) is 16.1 Å². The number of hydrogen-bond acceptors (Lipinski definition) is 4. The van der Waals surface area contributed by atoms with Gasteiger partial charge in [0, 0.05) is 55.6 Å². The van der Waals surface area contributed by atoms with Crippen molar-refractivity contribution in [3.05, 3.63) is 81.6 Å².